The topological polar surface area (TPSA) is 26.3 Å². The molecule has 0 heterocycles. The number of hydrogen-bond donors (Lipinski definition) is 0. The van der Waals surface area contributed by atoms with E-state index >= 15 is 0 Å². The first kappa shape index (κ1) is 22.2. The molecule has 0 saturated heterocycles. The van der Waals surface area contributed by atoms with E-state index in [0.717, 1.165) is 36.2 Å². The molecule has 0 aliphatic heterocycles. The fourth-order valence-corrected chi connectivity index (χ4v) is 6.10. The Bertz CT molecular complexity index is 938. The summed E-state index contributed by atoms with van der Waals surface area (Å²) in [4.78, 5) is 11.7. The summed E-state index contributed by atoms with van der Waals surface area (Å²) in [6.07, 6.45) is 12.8. The van der Waals surface area contributed by atoms with Gasteiger partial charge in [-0.25, -0.2) is 13.6 Å². The van der Waals surface area contributed by atoms with Crippen molar-refractivity contribution >= 4 is 16.7 Å². The van der Waals surface area contributed by atoms with Crippen LogP contribution < -0.4 is 0 Å². The highest BCUT2D eigenvalue weighted by Crippen LogP contribution is 2.48. The van der Waals surface area contributed by atoms with Crippen LogP contribution >= 0.6 is 0 Å². The van der Waals surface area contributed by atoms with Crippen LogP contribution in [0.4, 0.5) is 8.78 Å². The van der Waals surface area contributed by atoms with Crippen LogP contribution in [0.15, 0.2) is 24.3 Å². The molecule has 4 rings (SSSR count). The van der Waals surface area contributed by atoms with Gasteiger partial charge in [0.2, 0.25) is 0 Å². The van der Waals surface area contributed by atoms with Crippen molar-refractivity contribution in [2.75, 3.05) is 7.11 Å². The molecular formula is C27H34F2O2. The number of rotatable bonds is 6. The monoisotopic (exact) mass is 428 g/mol. The quantitative estimate of drug-likeness (QED) is 0.347. The van der Waals surface area contributed by atoms with Crippen LogP contribution in [-0.2, 0) is 4.74 Å². The molecule has 4 unspecified atom stereocenters. The lowest BCUT2D eigenvalue weighted by atomic mass is 9.63. The molecule has 2 aliphatic carbocycles. The molecule has 4 atom stereocenters. The number of benzene rings is 2. The Hall–Kier alpha value is -1.97. The Kier molecular flexibility index (Phi) is 6.93. The molecule has 0 bridgehead atoms. The molecule has 31 heavy (non-hydrogen) atoms. The smallest absolute Gasteiger partial charge is 0.340 e. The van der Waals surface area contributed by atoms with Crippen LogP contribution in [0, 0.1) is 29.4 Å². The van der Waals surface area contributed by atoms with Crippen LogP contribution in [0.2, 0.25) is 0 Å². The van der Waals surface area contributed by atoms with Crippen LogP contribution in [0.3, 0.4) is 0 Å². The number of unbranched alkanes of at least 4 members (excludes halogenated alkanes) is 2. The van der Waals surface area contributed by atoms with Gasteiger partial charge >= 0.3 is 5.97 Å². The summed E-state index contributed by atoms with van der Waals surface area (Å²) in [5, 5.41) is 0.786. The van der Waals surface area contributed by atoms with E-state index in [1.165, 1.54) is 70.6 Å². The van der Waals surface area contributed by atoms with Gasteiger partial charge in [-0.05, 0) is 84.9 Å². The minimum Gasteiger partial charge on any atom is -0.465 e. The molecule has 0 spiro atoms. The van der Waals surface area contributed by atoms with E-state index in [0.29, 0.717) is 11.3 Å². The van der Waals surface area contributed by atoms with Gasteiger partial charge in [0, 0.05) is 5.39 Å². The van der Waals surface area contributed by atoms with Gasteiger partial charge in [0.05, 0.1) is 12.7 Å². The maximum absolute atomic E-state index is 14.9. The average Bonchev–Trinajstić information content (AvgIpc) is 2.77. The minimum absolute atomic E-state index is 0.224. The van der Waals surface area contributed by atoms with E-state index in [1.54, 1.807) is 6.07 Å². The van der Waals surface area contributed by atoms with Crippen LogP contribution in [0.5, 0.6) is 0 Å². The number of hydrogen-bond acceptors (Lipinski definition) is 2. The molecule has 0 amide bonds. The van der Waals surface area contributed by atoms with Crippen LogP contribution in [-0.4, -0.2) is 13.1 Å². The number of carbonyl (C=O) groups excluding carboxylic acids is 1. The van der Waals surface area contributed by atoms with Crippen molar-refractivity contribution in [1.29, 1.82) is 0 Å². The summed E-state index contributed by atoms with van der Waals surface area (Å²) in [7, 11) is 1.19. The third-order valence-electron chi connectivity index (χ3n) is 7.83. The summed E-state index contributed by atoms with van der Waals surface area (Å²) in [6.45, 7) is 2.26. The first-order valence-corrected chi connectivity index (χ1v) is 12.0. The van der Waals surface area contributed by atoms with Crippen molar-refractivity contribution in [3.8, 4) is 0 Å². The molecular weight excluding hydrogens is 394 g/mol. The molecule has 2 fully saturated rings. The predicted octanol–water partition coefficient (Wildman–Crippen LogP) is 7.78. The molecule has 168 valence electrons. The largest absolute Gasteiger partial charge is 0.465 e. The fourth-order valence-electron chi connectivity index (χ4n) is 6.10. The highest BCUT2D eigenvalue weighted by molar-refractivity contribution is 5.96. The predicted molar refractivity (Wildman–Crippen MR) is 120 cm³/mol. The van der Waals surface area contributed by atoms with Gasteiger partial charge < -0.3 is 4.74 Å². The van der Waals surface area contributed by atoms with Gasteiger partial charge in [-0.3, -0.25) is 0 Å². The van der Waals surface area contributed by atoms with Crippen molar-refractivity contribution in [2.24, 2.45) is 17.8 Å². The third kappa shape index (κ3) is 4.78. The standard InChI is InChI=1S/C27H34F2O2/c1-3-4-5-6-17-7-8-19-12-20(10-9-18(19)11-17)21-13-22-15-26(29)24(27(30)31-2)16-23(22)25(28)14-21/h13-20H,3-12H2,1-2H3. The lowest BCUT2D eigenvalue weighted by Crippen LogP contribution is -2.30. The molecule has 2 aromatic rings. The SMILES string of the molecule is CCCCCC1CCC2CC(c3cc(F)c4cc(C(=O)OC)c(F)cc4c3)CCC2C1. The molecule has 0 aromatic heterocycles. The molecule has 2 aliphatic rings. The van der Waals surface area contributed by atoms with Gasteiger partial charge in [-0.15, -0.1) is 0 Å². The summed E-state index contributed by atoms with van der Waals surface area (Å²) in [6, 6.07) is 6.06. The Morgan fingerprint density at radius 1 is 0.968 bits per heavy atom. The Balaban J connectivity index is 1.48. The second kappa shape index (κ2) is 9.67. The van der Waals surface area contributed by atoms with Gasteiger partial charge in [-0.1, -0.05) is 45.1 Å². The van der Waals surface area contributed by atoms with Crippen LogP contribution in [0.25, 0.3) is 10.8 Å². The Morgan fingerprint density at radius 3 is 2.52 bits per heavy atom. The van der Waals surface area contributed by atoms with E-state index in [1.807, 2.05) is 6.07 Å². The maximum atomic E-state index is 14.9. The first-order chi connectivity index (χ1) is 15.0. The van der Waals surface area contributed by atoms with Crippen molar-refractivity contribution in [2.45, 2.75) is 77.0 Å². The fraction of sp³-hybridized carbons (Fsp3) is 0.593. The molecule has 4 heteroatoms. The third-order valence-corrected chi connectivity index (χ3v) is 7.83. The second-order valence-electron chi connectivity index (χ2n) is 9.75. The van der Waals surface area contributed by atoms with Crippen molar-refractivity contribution in [1.82, 2.24) is 0 Å². The number of fused-ring (bicyclic) bond motifs is 2. The lowest BCUT2D eigenvalue weighted by Gasteiger charge is -2.42. The highest BCUT2D eigenvalue weighted by Gasteiger charge is 2.36. The van der Waals surface area contributed by atoms with Gasteiger partial charge in [0.1, 0.15) is 11.6 Å². The number of methoxy groups -OCH3 is 1. The van der Waals surface area contributed by atoms with Crippen LogP contribution in [0.1, 0.15) is 93.0 Å². The minimum atomic E-state index is -0.786. The van der Waals surface area contributed by atoms with Crippen molar-refractivity contribution < 1.29 is 18.3 Å². The summed E-state index contributed by atoms with van der Waals surface area (Å²) in [5.41, 5.74) is 0.747. The normalized spacial score (nSPS) is 25.9. The molecule has 0 radical (unpaired) electrons. The van der Waals surface area contributed by atoms with Gasteiger partial charge in [0.15, 0.2) is 0 Å². The zero-order valence-corrected chi connectivity index (χ0v) is 18.8. The summed E-state index contributed by atoms with van der Waals surface area (Å²) in [5.74, 6) is 0.946. The second-order valence-corrected chi connectivity index (χ2v) is 9.75. The zero-order valence-electron chi connectivity index (χ0n) is 18.8. The molecule has 2 nitrogen and oxygen atoms in total. The Labute approximate surface area is 184 Å². The number of carbonyl (C=O) groups is 1. The van der Waals surface area contributed by atoms with Gasteiger partial charge in [-0.2, -0.15) is 0 Å². The summed E-state index contributed by atoms with van der Waals surface area (Å²) >= 11 is 0. The average molecular weight is 429 g/mol. The highest BCUT2D eigenvalue weighted by atomic mass is 19.1. The van der Waals surface area contributed by atoms with Crippen molar-refractivity contribution in [3.05, 3.63) is 47.0 Å². The van der Waals surface area contributed by atoms with E-state index in [4.69, 9.17) is 0 Å². The van der Waals surface area contributed by atoms with Gasteiger partial charge in [0.25, 0.3) is 0 Å². The lowest BCUT2D eigenvalue weighted by molar-refractivity contribution is 0.0595. The Morgan fingerprint density at radius 2 is 1.74 bits per heavy atom. The van der Waals surface area contributed by atoms with Crippen molar-refractivity contribution in [3.63, 3.8) is 0 Å². The van der Waals surface area contributed by atoms with E-state index in [-0.39, 0.29) is 16.8 Å². The summed E-state index contributed by atoms with van der Waals surface area (Å²) < 4.78 is 34.0. The molecule has 2 aromatic carbocycles. The number of ether oxygens (including phenoxy) is 1. The van der Waals surface area contributed by atoms with E-state index < -0.39 is 11.8 Å². The number of esters is 1. The zero-order chi connectivity index (χ0) is 22.0. The number of halogens is 2. The van der Waals surface area contributed by atoms with E-state index in [2.05, 4.69) is 11.7 Å². The van der Waals surface area contributed by atoms with E-state index in [9.17, 15) is 13.6 Å². The molecule has 2 saturated carbocycles. The molecule has 0 N–H and O–H groups in total. The first-order valence-electron chi connectivity index (χ1n) is 12.0. The maximum Gasteiger partial charge on any atom is 0.340 e.